The van der Waals surface area contributed by atoms with E-state index in [1.54, 1.807) is 7.11 Å². The second-order valence-electron chi connectivity index (χ2n) is 3.39. The van der Waals surface area contributed by atoms with Crippen molar-refractivity contribution in [2.45, 2.75) is 19.3 Å². The highest BCUT2D eigenvalue weighted by molar-refractivity contribution is 9.10. The summed E-state index contributed by atoms with van der Waals surface area (Å²) in [5.74, 6) is 0.676. The number of hydrogen-bond acceptors (Lipinski definition) is 3. The van der Waals surface area contributed by atoms with Crippen LogP contribution in [0.3, 0.4) is 0 Å². The van der Waals surface area contributed by atoms with Gasteiger partial charge in [-0.25, -0.2) is 0 Å². The third-order valence-electron chi connectivity index (χ3n) is 2.30. The molecule has 4 heteroatoms. The highest BCUT2D eigenvalue weighted by Crippen LogP contribution is 2.24. The average Bonchev–Trinajstić information content (AvgIpc) is 2.30. The Hall–Kier alpha value is -1.03. The van der Waals surface area contributed by atoms with Gasteiger partial charge in [0.05, 0.1) is 14.2 Å². The van der Waals surface area contributed by atoms with Gasteiger partial charge >= 0.3 is 5.97 Å². The largest absolute Gasteiger partial charge is 0.496 e. The zero-order chi connectivity index (χ0) is 12.0. The Morgan fingerprint density at radius 2 is 2.12 bits per heavy atom. The van der Waals surface area contributed by atoms with Crippen LogP contribution in [0.1, 0.15) is 18.4 Å². The third-order valence-corrected chi connectivity index (χ3v) is 2.80. The van der Waals surface area contributed by atoms with Crippen molar-refractivity contribution in [3.05, 3.63) is 28.2 Å². The maximum Gasteiger partial charge on any atom is 0.305 e. The molecule has 0 bridgehead atoms. The lowest BCUT2D eigenvalue weighted by Gasteiger charge is -2.08. The number of rotatable bonds is 5. The number of esters is 1. The summed E-state index contributed by atoms with van der Waals surface area (Å²) in [4.78, 5) is 10.9. The molecular formula is C12H15BrO3. The molecule has 1 rings (SSSR count). The fraction of sp³-hybridized carbons (Fsp3) is 0.417. The summed E-state index contributed by atoms with van der Waals surface area (Å²) in [6, 6.07) is 5.89. The maximum absolute atomic E-state index is 10.9. The van der Waals surface area contributed by atoms with Crippen molar-refractivity contribution in [3.63, 3.8) is 0 Å². The van der Waals surface area contributed by atoms with Crippen molar-refractivity contribution in [1.82, 2.24) is 0 Å². The molecule has 0 aromatic heterocycles. The smallest absolute Gasteiger partial charge is 0.305 e. The highest BCUT2D eigenvalue weighted by Gasteiger charge is 2.05. The lowest BCUT2D eigenvalue weighted by molar-refractivity contribution is -0.140. The van der Waals surface area contributed by atoms with Gasteiger partial charge in [0.1, 0.15) is 5.75 Å². The van der Waals surface area contributed by atoms with Gasteiger partial charge in [0.15, 0.2) is 0 Å². The molecule has 88 valence electrons. The van der Waals surface area contributed by atoms with Gasteiger partial charge in [0.25, 0.3) is 0 Å². The summed E-state index contributed by atoms with van der Waals surface area (Å²) in [6.07, 6.45) is 2.02. The van der Waals surface area contributed by atoms with Crippen LogP contribution in [-0.4, -0.2) is 20.2 Å². The molecule has 0 aliphatic heterocycles. The summed E-state index contributed by atoms with van der Waals surface area (Å²) in [7, 11) is 3.05. The quantitative estimate of drug-likeness (QED) is 0.781. The van der Waals surface area contributed by atoms with Crippen LogP contribution in [0, 0.1) is 0 Å². The average molecular weight is 287 g/mol. The first-order valence-electron chi connectivity index (χ1n) is 5.06. The molecule has 0 heterocycles. The van der Waals surface area contributed by atoms with Crippen molar-refractivity contribution in [2.75, 3.05) is 14.2 Å². The Balaban J connectivity index is 2.56. The minimum absolute atomic E-state index is 0.170. The van der Waals surface area contributed by atoms with E-state index >= 15 is 0 Å². The van der Waals surface area contributed by atoms with Gasteiger partial charge in [-0.2, -0.15) is 0 Å². The number of benzene rings is 1. The van der Waals surface area contributed by atoms with E-state index in [0.29, 0.717) is 6.42 Å². The first-order valence-corrected chi connectivity index (χ1v) is 5.86. The molecule has 1 aromatic rings. The van der Waals surface area contributed by atoms with Crippen molar-refractivity contribution in [3.8, 4) is 5.75 Å². The zero-order valence-electron chi connectivity index (χ0n) is 9.46. The summed E-state index contributed by atoms with van der Waals surface area (Å²) in [5, 5.41) is 0. The molecule has 0 saturated carbocycles. The predicted octanol–water partition coefficient (Wildman–Crippen LogP) is 2.95. The lowest BCUT2D eigenvalue weighted by Crippen LogP contribution is -2.01. The molecule has 0 atom stereocenters. The highest BCUT2D eigenvalue weighted by atomic mass is 79.9. The Bertz CT molecular complexity index is 363. The Morgan fingerprint density at radius 3 is 2.75 bits per heavy atom. The van der Waals surface area contributed by atoms with Gasteiger partial charge in [-0.05, 0) is 30.5 Å². The van der Waals surface area contributed by atoms with Crippen molar-refractivity contribution in [1.29, 1.82) is 0 Å². The SMILES string of the molecule is COC(=O)CCCc1ccc(Br)cc1OC. The number of halogens is 1. The monoisotopic (exact) mass is 286 g/mol. The van der Waals surface area contributed by atoms with E-state index in [0.717, 1.165) is 28.6 Å². The van der Waals surface area contributed by atoms with E-state index in [2.05, 4.69) is 20.7 Å². The molecule has 0 aliphatic rings. The van der Waals surface area contributed by atoms with Crippen molar-refractivity contribution < 1.29 is 14.3 Å². The number of carbonyl (C=O) groups excluding carboxylic acids is 1. The molecule has 3 nitrogen and oxygen atoms in total. The second-order valence-corrected chi connectivity index (χ2v) is 4.30. The minimum Gasteiger partial charge on any atom is -0.496 e. The second kappa shape index (κ2) is 6.53. The van der Waals surface area contributed by atoms with E-state index in [1.807, 2.05) is 18.2 Å². The van der Waals surface area contributed by atoms with Crippen molar-refractivity contribution >= 4 is 21.9 Å². The molecule has 1 aromatic carbocycles. The topological polar surface area (TPSA) is 35.5 Å². The number of hydrogen-bond donors (Lipinski definition) is 0. The molecule has 0 N–H and O–H groups in total. The molecule has 0 aliphatic carbocycles. The van der Waals surface area contributed by atoms with E-state index in [4.69, 9.17) is 4.74 Å². The maximum atomic E-state index is 10.9. The van der Waals surface area contributed by atoms with Gasteiger partial charge in [-0.15, -0.1) is 0 Å². The molecule has 0 fully saturated rings. The molecule has 0 amide bonds. The van der Waals surface area contributed by atoms with Crippen LogP contribution in [0.4, 0.5) is 0 Å². The van der Waals surface area contributed by atoms with Crippen LogP contribution in [0.5, 0.6) is 5.75 Å². The first kappa shape index (κ1) is 13.0. The number of ether oxygens (including phenoxy) is 2. The normalized spacial score (nSPS) is 9.94. The van der Waals surface area contributed by atoms with Crippen LogP contribution in [0.15, 0.2) is 22.7 Å². The standard InChI is InChI=1S/C12H15BrO3/c1-15-11-8-10(13)7-6-9(11)4-3-5-12(14)16-2/h6-8H,3-5H2,1-2H3. The summed E-state index contributed by atoms with van der Waals surface area (Å²) >= 11 is 3.39. The van der Waals surface area contributed by atoms with Crippen molar-refractivity contribution in [2.24, 2.45) is 0 Å². The van der Waals surface area contributed by atoms with E-state index in [-0.39, 0.29) is 5.97 Å². The number of carbonyl (C=O) groups is 1. The summed E-state index contributed by atoms with van der Waals surface area (Å²) < 4.78 is 10.8. The Labute approximate surface area is 104 Å². The van der Waals surface area contributed by atoms with Gasteiger partial charge in [0.2, 0.25) is 0 Å². The summed E-state index contributed by atoms with van der Waals surface area (Å²) in [5.41, 5.74) is 1.11. The fourth-order valence-corrected chi connectivity index (χ4v) is 1.79. The van der Waals surface area contributed by atoms with E-state index < -0.39 is 0 Å². The van der Waals surface area contributed by atoms with E-state index in [1.165, 1.54) is 7.11 Å². The minimum atomic E-state index is -0.170. The summed E-state index contributed by atoms with van der Waals surface area (Å²) in [6.45, 7) is 0. The number of aryl methyl sites for hydroxylation is 1. The molecule has 0 radical (unpaired) electrons. The zero-order valence-corrected chi connectivity index (χ0v) is 11.0. The van der Waals surface area contributed by atoms with Gasteiger partial charge in [-0.1, -0.05) is 22.0 Å². The van der Waals surface area contributed by atoms with Gasteiger partial charge in [-0.3, -0.25) is 4.79 Å². The van der Waals surface area contributed by atoms with Crippen LogP contribution < -0.4 is 4.74 Å². The van der Waals surface area contributed by atoms with Crippen LogP contribution in [0.2, 0.25) is 0 Å². The Kier molecular flexibility index (Phi) is 5.32. The molecule has 16 heavy (non-hydrogen) atoms. The lowest BCUT2D eigenvalue weighted by atomic mass is 10.1. The molecule has 0 unspecified atom stereocenters. The Morgan fingerprint density at radius 1 is 1.38 bits per heavy atom. The van der Waals surface area contributed by atoms with Crippen LogP contribution >= 0.6 is 15.9 Å². The van der Waals surface area contributed by atoms with Gasteiger partial charge in [0, 0.05) is 10.9 Å². The molecule has 0 spiro atoms. The fourth-order valence-electron chi connectivity index (χ4n) is 1.45. The molecular weight excluding hydrogens is 272 g/mol. The van der Waals surface area contributed by atoms with Crippen LogP contribution in [-0.2, 0) is 16.0 Å². The first-order chi connectivity index (χ1) is 7.67. The number of methoxy groups -OCH3 is 2. The van der Waals surface area contributed by atoms with Gasteiger partial charge < -0.3 is 9.47 Å². The van der Waals surface area contributed by atoms with E-state index in [9.17, 15) is 4.79 Å². The predicted molar refractivity (Wildman–Crippen MR) is 65.6 cm³/mol. The molecule has 0 saturated heterocycles. The third kappa shape index (κ3) is 3.85. The van der Waals surface area contributed by atoms with Crippen LogP contribution in [0.25, 0.3) is 0 Å².